The highest BCUT2D eigenvalue weighted by molar-refractivity contribution is 9.10. The molecule has 1 heterocycles. The van der Waals surface area contributed by atoms with Crippen LogP contribution in [0, 0.1) is 0 Å². The van der Waals surface area contributed by atoms with Crippen molar-refractivity contribution in [1.29, 1.82) is 0 Å². The molecule has 0 spiro atoms. The Morgan fingerprint density at radius 1 is 1.41 bits per heavy atom. The molecule has 0 unspecified atom stereocenters. The van der Waals surface area contributed by atoms with Crippen LogP contribution in [0.1, 0.15) is 5.82 Å². The van der Waals surface area contributed by atoms with Gasteiger partial charge in [-0.1, -0.05) is 0 Å². The van der Waals surface area contributed by atoms with Crippen LogP contribution >= 0.6 is 15.9 Å². The summed E-state index contributed by atoms with van der Waals surface area (Å²) in [5.41, 5.74) is 0. The Kier molecular flexibility index (Phi) is 3.58. The average Bonchev–Trinajstić information content (AvgIpc) is 2.73. The maximum atomic E-state index is 5.55. The largest absolute Gasteiger partial charge is 0.497 e. The maximum Gasteiger partial charge on any atom is 0.212 e. The molecular formula is C10H11BrN4O2. The van der Waals surface area contributed by atoms with Crippen LogP contribution in [0.25, 0.3) is 0 Å². The van der Waals surface area contributed by atoms with Gasteiger partial charge in [-0.15, -0.1) is 10.2 Å². The molecule has 7 heteroatoms. The van der Waals surface area contributed by atoms with Crippen molar-refractivity contribution in [1.82, 2.24) is 20.2 Å². The van der Waals surface area contributed by atoms with Crippen LogP contribution < -0.4 is 9.47 Å². The van der Waals surface area contributed by atoms with Gasteiger partial charge in [-0.3, -0.25) is 0 Å². The Bertz CT molecular complexity index is 515. The van der Waals surface area contributed by atoms with Gasteiger partial charge in [0.25, 0.3) is 0 Å². The third-order valence-electron chi connectivity index (χ3n) is 2.05. The number of ether oxygens (including phenoxy) is 2. The van der Waals surface area contributed by atoms with Crippen LogP contribution in [-0.2, 0) is 13.7 Å². The average molecular weight is 299 g/mol. The number of tetrazole rings is 1. The number of hydrogen-bond acceptors (Lipinski definition) is 5. The lowest BCUT2D eigenvalue weighted by molar-refractivity contribution is 0.292. The third-order valence-corrected chi connectivity index (χ3v) is 2.67. The smallest absolute Gasteiger partial charge is 0.212 e. The molecule has 0 bridgehead atoms. The first kappa shape index (κ1) is 11.8. The summed E-state index contributed by atoms with van der Waals surface area (Å²) in [6, 6.07) is 5.48. The van der Waals surface area contributed by atoms with Crippen LogP contribution in [0.4, 0.5) is 0 Å². The molecule has 0 atom stereocenters. The minimum atomic E-state index is 0.277. The minimum absolute atomic E-state index is 0.277. The van der Waals surface area contributed by atoms with E-state index in [9.17, 15) is 0 Å². The predicted octanol–water partition coefficient (Wildman–Crippen LogP) is 1.56. The first-order chi connectivity index (χ1) is 8.19. The monoisotopic (exact) mass is 298 g/mol. The fourth-order valence-electron chi connectivity index (χ4n) is 1.25. The van der Waals surface area contributed by atoms with Crippen molar-refractivity contribution in [2.24, 2.45) is 7.05 Å². The van der Waals surface area contributed by atoms with E-state index in [4.69, 9.17) is 9.47 Å². The Balaban J connectivity index is 2.04. The van der Waals surface area contributed by atoms with E-state index in [1.807, 2.05) is 18.2 Å². The van der Waals surface area contributed by atoms with Crippen LogP contribution in [0.3, 0.4) is 0 Å². The SMILES string of the molecule is COc1ccc(OCc2nnn(C)n2)c(Br)c1. The van der Waals surface area contributed by atoms with Gasteiger partial charge in [-0.25, -0.2) is 0 Å². The summed E-state index contributed by atoms with van der Waals surface area (Å²) >= 11 is 3.40. The second-order valence-electron chi connectivity index (χ2n) is 3.28. The molecule has 17 heavy (non-hydrogen) atoms. The van der Waals surface area contributed by atoms with Gasteiger partial charge in [0, 0.05) is 0 Å². The molecule has 0 radical (unpaired) electrons. The van der Waals surface area contributed by atoms with Gasteiger partial charge in [0.05, 0.1) is 18.6 Å². The highest BCUT2D eigenvalue weighted by Gasteiger charge is 2.05. The molecule has 2 aromatic rings. The van der Waals surface area contributed by atoms with Crippen molar-refractivity contribution in [3.8, 4) is 11.5 Å². The van der Waals surface area contributed by atoms with Crippen LogP contribution in [-0.4, -0.2) is 27.3 Å². The predicted molar refractivity (Wildman–Crippen MR) is 63.8 cm³/mol. The Hall–Kier alpha value is -1.63. The number of methoxy groups -OCH3 is 1. The second kappa shape index (κ2) is 5.13. The molecule has 0 aliphatic heterocycles. The van der Waals surface area contributed by atoms with Gasteiger partial charge >= 0.3 is 0 Å². The van der Waals surface area contributed by atoms with Crippen molar-refractivity contribution < 1.29 is 9.47 Å². The molecule has 0 saturated carbocycles. The summed E-state index contributed by atoms with van der Waals surface area (Å²) < 4.78 is 11.5. The first-order valence-electron chi connectivity index (χ1n) is 4.88. The zero-order chi connectivity index (χ0) is 12.3. The van der Waals surface area contributed by atoms with Crippen molar-refractivity contribution in [3.05, 3.63) is 28.5 Å². The molecule has 2 rings (SSSR count). The number of hydrogen-bond donors (Lipinski definition) is 0. The summed E-state index contributed by atoms with van der Waals surface area (Å²) in [6.45, 7) is 0.277. The number of nitrogens with zero attached hydrogens (tertiary/aromatic N) is 4. The van der Waals surface area contributed by atoms with Gasteiger partial charge < -0.3 is 9.47 Å². The highest BCUT2D eigenvalue weighted by Crippen LogP contribution is 2.29. The standard InChI is InChI=1S/C10H11BrN4O2/c1-15-13-10(12-14-15)6-17-9-4-3-7(16-2)5-8(9)11/h3-5H,6H2,1-2H3. The zero-order valence-electron chi connectivity index (χ0n) is 9.42. The summed E-state index contributed by atoms with van der Waals surface area (Å²) in [4.78, 5) is 1.39. The van der Waals surface area contributed by atoms with Crippen molar-refractivity contribution in [2.75, 3.05) is 7.11 Å². The molecule has 1 aromatic carbocycles. The van der Waals surface area contributed by atoms with Crippen molar-refractivity contribution in [2.45, 2.75) is 6.61 Å². The number of aromatic nitrogens is 4. The summed E-state index contributed by atoms with van der Waals surface area (Å²) in [5, 5.41) is 11.6. The van der Waals surface area contributed by atoms with Crippen LogP contribution in [0.5, 0.6) is 11.5 Å². The highest BCUT2D eigenvalue weighted by atomic mass is 79.9. The topological polar surface area (TPSA) is 62.1 Å². The van der Waals surface area contributed by atoms with E-state index in [2.05, 4.69) is 31.3 Å². The lowest BCUT2D eigenvalue weighted by Crippen LogP contribution is -1.99. The van der Waals surface area contributed by atoms with Crippen molar-refractivity contribution >= 4 is 15.9 Å². The van der Waals surface area contributed by atoms with Gasteiger partial charge in [-0.2, -0.15) is 4.80 Å². The zero-order valence-corrected chi connectivity index (χ0v) is 11.0. The van der Waals surface area contributed by atoms with Crippen LogP contribution in [0.2, 0.25) is 0 Å². The number of benzene rings is 1. The van der Waals surface area contributed by atoms with E-state index < -0.39 is 0 Å². The van der Waals surface area contributed by atoms with E-state index in [1.165, 1.54) is 4.80 Å². The van der Waals surface area contributed by atoms with Gasteiger partial charge in [0.2, 0.25) is 5.82 Å². The minimum Gasteiger partial charge on any atom is -0.497 e. The molecule has 90 valence electrons. The van der Waals surface area contributed by atoms with E-state index >= 15 is 0 Å². The molecule has 0 aliphatic carbocycles. The molecule has 6 nitrogen and oxygen atoms in total. The molecule has 1 aromatic heterocycles. The summed E-state index contributed by atoms with van der Waals surface area (Å²) in [5.74, 6) is 2.01. The van der Waals surface area contributed by atoms with E-state index in [-0.39, 0.29) is 6.61 Å². The summed E-state index contributed by atoms with van der Waals surface area (Å²) in [6.07, 6.45) is 0. The molecule has 0 N–H and O–H groups in total. The maximum absolute atomic E-state index is 5.55. The summed E-state index contributed by atoms with van der Waals surface area (Å²) in [7, 11) is 3.32. The Morgan fingerprint density at radius 2 is 2.24 bits per heavy atom. The Labute approximate surface area is 107 Å². The fourth-order valence-corrected chi connectivity index (χ4v) is 1.72. The third kappa shape index (κ3) is 2.94. The van der Waals surface area contributed by atoms with Gasteiger partial charge in [0.15, 0.2) is 6.61 Å². The molecular weight excluding hydrogens is 288 g/mol. The lowest BCUT2D eigenvalue weighted by Gasteiger charge is -2.07. The normalized spacial score (nSPS) is 10.3. The molecule has 0 amide bonds. The van der Waals surface area contributed by atoms with Crippen molar-refractivity contribution in [3.63, 3.8) is 0 Å². The number of halogens is 1. The van der Waals surface area contributed by atoms with Crippen LogP contribution in [0.15, 0.2) is 22.7 Å². The number of aryl methyl sites for hydroxylation is 1. The molecule has 0 fully saturated rings. The van der Waals surface area contributed by atoms with Gasteiger partial charge in [-0.05, 0) is 39.3 Å². The molecule has 0 saturated heterocycles. The van der Waals surface area contributed by atoms with E-state index in [1.54, 1.807) is 14.2 Å². The van der Waals surface area contributed by atoms with E-state index in [0.717, 1.165) is 10.2 Å². The second-order valence-corrected chi connectivity index (χ2v) is 4.13. The lowest BCUT2D eigenvalue weighted by atomic mass is 10.3. The first-order valence-corrected chi connectivity index (χ1v) is 5.67. The quantitative estimate of drug-likeness (QED) is 0.857. The van der Waals surface area contributed by atoms with Gasteiger partial charge in [0.1, 0.15) is 11.5 Å². The molecule has 0 aliphatic rings. The fraction of sp³-hybridized carbons (Fsp3) is 0.300. The Morgan fingerprint density at radius 3 is 2.82 bits per heavy atom. The number of rotatable bonds is 4. The van der Waals surface area contributed by atoms with E-state index in [0.29, 0.717) is 11.6 Å².